The van der Waals surface area contributed by atoms with E-state index in [-0.39, 0.29) is 0 Å². The van der Waals surface area contributed by atoms with E-state index >= 15 is 0 Å². The minimum atomic E-state index is -4.33. The highest BCUT2D eigenvalue weighted by Crippen LogP contribution is 2.31. The molecule has 30 heavy (non-hydrogen) atoms. The van der Waals surface area contributed by atoms with Crippen LogP contribution < -0.4 is 0 Å². The molecule has 0 amide bonds. The fourth-order valence-electron chi connectivity index (χ4n) is 4.36. The Kier molecular flexibility index (Phi) is 4.77. The fraction of sp³-hybridized carbons (Fsp3) is 0.348. The van der Waals surface area contributed by atoms with Crippen molar-refractivity contribution in [3.8, 4) is 11.3 Å². The number of para-hydroxylation sites is 2. The zero-order valence-electron chi connectivity index (χ0n) is 16.6. The first-order valence-corrected chi connectivity index (χ1v) is 10.4. The van der Waals surface area contributed by atoms with Crippen molar-refractivity contribution in [2.24, 2.45) is 0 Å². The number of likely N-dealkylation sites (tertiary alicyclic amines) is 1. The molecule has 4 nitrogen and oxygen atoms in total. The van der Waals surface area contributed by atoms with Crippen molar-refractivity contribution in [2.45, 2.75) is 32.0 Å². The van der Waals surface area contributed by atoms with E-state index in [2.05, 4.69) is 21.6 Å². The van der Waals surface area contributed by atoms with Crippen LogP contribution in [0.5, 0.6) is 0 Å². The highest BCUT2D eigenvalue weighted by molar-refractivity contribution is 5.82. The maximum absolute atomic E-state index is 12.9. The highest BCUT2D eigenvalue weighted by Gasteiger charge is 2.30. The first kappa shape index (κ1) is 19.2. The predicted octanol–water partition coefficient (Wildman–Crippen LogP) is 5.46. The molecule has 1 aliphatic heterocycles. The molecule has 1 aliphatic rings. The lowest BCUT2D eigenvalue weighted by atomic mass is 10.1. The third-order valence-corrected chi connectivity index (χ3v) is 5.96. The van der Waals surface area contributed by atoms with Crippen LogP contribution in [0.1, 0.15) is 24.8 Å². The molecular weight excluding hydrogens is 389 g/mol. The standard InChI is InChI=1S/C23H23F3N4/c24-23(25,26)18-10-8-17(9-11-18)19-16-30-21-7-3-2-6-20(21)29(22(30)27-19)15-14-28-12-4-1-5-13-28/h2-3,6-11,16H,1,4-5,12-15H2. The number of piperidine rings is 1. The van der Waals surface area contributed by atoms with Crippen LogP contribution in [-0.4, -0.2) is 38.5 Å². The zero-order chi connectivity index (χ0) is 20.7. The van der Waals surface area contributed by atoms with Gasteiger partial charge in [0, 0.05) is 24.8 Å². The summed E-state index contributed by atoms with van der Waals surface area (Å²) in [6, 6.07) is 13.4. The number of nitrogens with zero attached hydrogens (tertiary/aromatic N) is 4. The van der Waals surface area contributed by atoms with Crippen molar-refractivity contribution in [2.75, 3.05) is 19.6 Å². The Hall–Kier alpha value is -2.80. The van der Waals surface area contributed by atoms with Crippen molar-refractivity contribution in [1.29, 1.82) is 0 Å². The van der Waals surface area contributed by atoms with Gasteiger partial charge in [-0.05, 0) is 50.2 Å². The number of fused-ring (bicyclic) bond motifs is 3. The first-order chi connectivity index (χ1) is 14.5. The molecule has 2 aromatic heterocycles. The summed E-state index contributed by atoms with van der Waals surface area (Å²) in [5, 5.41) is 0. The van der Waals surface area contributed by atoms with E-state index in [9.17, 15) is 13.2 Å². The third kappa shape index (κ3) is 3.47. The smallest absolute Gasteiger partial charge is 0.308 e. The van der Waals surface area contributed by atoms with E-state index in [0.717, 1.165) is 55.1 Å². The largest absolute Gasteiger partial charge is 0.416 e. The topological polar surface area (TPSA) is 25.5 Å². The molecule has 3 heterocycles. The van der Waals surface area contributed by atoms with Crippen molar-refractivity contribution in [3.05, 3.63) is 60.3 Å². The lowest BCUT2D eigenvalue weighted by Crippen LogP contribution is -2.32. The summed E-state index contributed by atoms with van der Waals surface area (Å²) in [6.45, 7) is 4.08. The van der Waals surface area contributed by atoms with E-state index in [0.29, 0.717) is 11.3 Å². The molecule has 2 aromatic carbocycles. The van der Waals surface area contributed by atoms with Gasteiger partial charge in [0.25, 0.3) is 0 Å². The van der Waals surface area contributed by atoms with E-state index in [1.807, 2.05) is 22.7 Å². The van der Waals surface area contributed by atoms with E-state index in [1.54, 1.807) is 0 Å². The summed E-state index contributed by atoms with van der Waals surface area (Å²) in [5.41, 5.74) is 2.88. The van der Waals surface area contributed by atoms with Gasteiger partial charge in [0.15, 0.2) is 0 Å². The average molecular weight is 412 g/mol. The molecule has 0 unspecified atom stereocenters. The Bertz CT molecular complexity index is 1170. The van der Waals surface area contributed by atoms with Gasteiger partial charge in [0.2, 0.25) is 5.78 Å². The summed E-state index contributed by atoms with van der Waals surface area (Å²) in [7, 11) is 0. The van der Waals surface area contributed by atoms with Crippen LogP contribution in [-0.2, 0) is 12.7 Å². The Balaban J connectivity index is 1.51. The van der Waals surface area contributed by atoms with Gasteiger partial charge in [-0.15, -0.1) is 0 Å². The summed E-state index contributed by atoms with van der Waals surface area (Å²) in [6.07, 6.45) is 1.40. The van der Waals surface area contributed by atoms with E-state index < -0.39 is 11.7 Å². The van der Waals surface area contributed by atoms with Crippen LogP contribution >= 0.6 is 0 Å². The minimum Gasteiger partial charge on any atom is -0.308 e. The number of imidazole rings is 2. The summed E-state index contributed by atoms with van der Waals surface area (Å²) in [4.78, 5) is 7.30. The Morgan fingerprint density at radius 1 is 0.833 bits per heavy atom. The van der Waals surface area contributed by atoms with Gasteiger partial charge < -0.3 is 9.47 Å². The zero-order valence-corrected chi connectivity index (χ0v) is 16.6. The summed E-state index contributed by atoms with van der Waals surface area (Å²) >= 11 is 0. The van der Waals surface area contributed by atoms with Crippen LogP contribution in [0.3, 0.4) is 0 Å². The third-order valence-electron chi connectivity index (χ3n) is 5.96. The molecule has 0 spiro atoms. The van der Waals surface area contributed by atoms with Gasteiger partial charge >= 0.3 is 6.18 Å². The number of halogens is 3. The first-order valence-electron chi connectivity index (χ1n) is 10.4. The van der Waals surface area contributed by atoms with Crippen LogP contribution in [0.25, 0.3) is 28.1 Å². The number of hydrogen-bond donors (Lipinski definition) is 0. The second-order valence-electron chi connectivity index (χ2n) is 7.91. The quantitative estimate of drug-likeness (QED) is 0.445. The normalized spacial score (nSPS) is 16.0. The van der Waals surface area contributed by atoms with Crippen LogP contribution in [0.2, 0.25) is 0 Å². The molecule has 5 rings (SSSR count). The molecular formula is C23H23F3N4. The molecule has 1 fully saturated rings. The minimum absolute atomic E-state index is 0.647. The maximum Gasteiger partial charge on any atom is 0.416 e. The second kappa shape index (κ2) is 7.47. The summed E-state index contributed by atoms with van der Waals surface area (Å²) in [5.74, 6) is 0.822. The Labute approximate surface area is 172 Å². The molecule has 0 aliphatic carbocycles. The molecule has 7 heteroatoms. The number of hydrogen-bond acceptors (Lipinski definition) is 2. The van der Waals surface area contributed by atoms with Gasteiger partial charge in [-0.1, -0.05) is 30.7 Å². The molecule has 156 valence electrons. The Morgan fingerprint density at radius 2 is 1.53 bits per heavy atom. The van der Waals surface area contributed by atoms with E-state index in [4.69, 9.17) is 4.98 Å². The monoisotopic (exact) mass is 412 g/mol. The fourth-order valence-corrected chi connectivity index (χ4v) is 4.36. The van der Waals surface area contributed by atoms with Gasteiger partial charge in [-0.3, -0.25) is 4.40 Å². The molecule has 0 atom stereocenters. The van der Waals surface area contributed by atoms with Crippen molar-refractivity contribution >= 4 is 16.8 Å². The van der Waals surface area contributed by atoms with Crippen LogP contribution in [0, 0.1) is 0 Å². The molecule has 0 saturated carbocycles. The van der Waals surface area contributed by atoms with Gasteiger partial charge in [0.05, 0.1) is 22.3 Å². The second-order valence-corrected chi connectivity index (χ2v) is 7.91. The Morgan fingerprint density at radius 3 is 2.23 bits per heavy atom. The molecule has 0 radical (unpaired) electrons. The molecule has 4 aromatic rings. The van der Waals surface area contributed by atoms with E-state index in [1.165, 1.54) is 31.4 Å². The number of aromatic nitrogens is 3. The number of rotatable bonds is 4. The molecule has 0 N–H and O–H groups in total. The number of alkyl halides is 3. The lowest BCUT2D eigenvalue weighted by Gasteiger charge is -2.26. The number of benzene rings is 2. The van der Waals surface area contributed by atoms with Crippen molar-refractivity contribution < 1.29 is 13.2 Å². The molecule has 1 saturated heterocycles. The van der Waals surface area contributed by atoms with Gasteiger partial charge in [0.1, 0.15) is 0 Å². The highest BCUT2D eigenvalue weighted by atomic mass is 19.4. The predicted molar refractivity (Wildman–Crippen MR) is 111 cm³/mol. The maximum atomic E-state index is 12.9. The van der Waals surface area contributed by atoms with Crippen molar-refractivity contribution in [3.63, 3.8) is 0 Å². The SMILES string of the molecule is FC(F)(F)c1ccc(-c2cn3c4ccccc4n(CCN4CCCCC4)c3n2)cc1. The lowest BCUT2D eigenvalue weighted by molar-refractivity contribution is -0.137. The van der Waals surface area contributed by atoms with Crippen LogP contribution in [0.15, 0.2) is 54.7 Å². The summed E-state index contributed by atoms with van der Waals surface area (Å²) < 4.78 is 42.9. The van der Waals surface area contributed by atoms with Crippen LogP contribution in [0.4, 0.5) is 13.2 Å². The molecule has 0 bridgehead atoms. The van der Waals surface area contributed by atoms with Gasteiger partial charge in [-0.2, -0.15) is 13.2 Å². The van der Waals surface area contributed by atoms with Gasteiger partial charge in [-0.25, -0.2) is 4.98 Å². The van der Waals surface area contributed by atoms with Crippen molar-refractivity contribution in [1.82, 2.24) is 18.9 Å². The average Bonchev–Trinajstić information content (AvgIpc) is 3.30.